The predicted octanol–water partition coefficient (Wildman–Crippen LogP) is 4.11. The highest BCUT2D eigenvalue weighted by Gasteiger charge is 2.45. The molecular weight excluding hydrogens is 448 g/mol. The summed E-state index contributed by atoms with van der Waals surface area (Å²) in [5.41, 5.74) is 0.918. The highest BCUT2D eigenvalue weighted by atomic mass is 16.7. The maximum atomic E-state index is 11.6. The second-order valence-corrected chi connectivity index (χ2v) is 9.83. The molecule has 0 amide bonds. The van der Waals surface area contributed by atoms with Crippen LogP contribution in [-0.2, 0) is 23.7 Å². The van der Waals surface area contributed by atoms with E-state index >= 15 is 0 Å². The molecule has 2 N–H and O–H groups in total. The van der Waals surface area contributed by atoms with Crippen LogP contribution in [0.2, 0.25) is 0 Å². The number of hydrogen-bond acceptors (Lipinski definition) is 6. The topological polar surface area (TPSA) is 94.5 Å². The van der Waals surface area contributed by atoms with Crippen LogP contribution in [0.5, 0.6) is 0 Å². The Kier molecular flexibility index (Phi) is 9.99. The summed E-state index contributed by atoms with van der Waals surface area (Å²) in [6.07, 6.45) is 5.60. The van der Waals surface area contributed by atoms with Gasteiger partial charge in [0.15, 0.2) is 12.6 Å². The lowest BCUT2D eigenvalue weighted by molar-refractivity contribution is -0.198. The van der Waals surface area contributed by atoms with Gasteiger partial charge in [-0.05, 0) is 69.4 Å². The van der Waals surface area contributed by atoms with Gasteiger partial charge >= 0.3 is 5.97 Å². The SMILES string of the molecule is O=C(O)CC1C(O)CC(OC2CCCCO2)C1CCC(C#Cc1ccccc1)OC1CCCCO1. The van der Waals surface area contributed by atoms with Gasteiger partial charge < -0.3 is 29.2 Å². The van der Waals surface area contributed by atoms with Crippen LogP contribution < -0.4 is 0 Å². The molecule has 1 aromatic rings. The summed E-state index contributed by atoms with van der Waals surface area (Å²) in [6.45, 7) is 1.37. The Morgan fingerprint density at radius 3 is 2.40 bits per heavy atom. The number of aliphatic carboxylic acids is 1. The Morgan fingerprint density at radius 1 is 1.03 bits per heavy atom. The highest BCUT2D eigenvalue weighted by Crippen LogP contribution is 2.41. The van der Waals surface area contributed by atoms with Crippen molar-refractivity contribution in [2.45, 2.75) is 95.1 Å². The van der Waals surface area contributed by atoms with Gasteiger partial charge in [0.1, 0.15) is 6.10 Å². The molecule has 3 fully saturated rings. The second kappa shape index (κ2) is 13.4. The van der Waals surface area contributed by atoms with E-state index in [1.165, 1.54) is 0 Å². The molecule has 7 unspecified atom stereocenters. The summed E-state index contributed by atoms with van der Waals surface area (Å²) in [6, 6.07) is 9.79. The first kappa shape index (κ1) is 26.1. The van der Waals surface area contributed by atoms with E-state index in [9.17, 15) is 15.0 Å². The van der Waals surface area contributed by atoms with E-state index in [-0.39, 0.29) is 43.0 Å². The number of hydrogen-bond donors (Lipinski definition) is 2. The molecule has 0 aromatic heterocycles. The van der Waals surface area contributed by atoms with Crippen LogP contribution in [0.15, 0.2) is 30.3 Å². The third-order valence-electron chi connectivity index (χ3n) is 7.24. The second-order valence-electron chi connectivity index (χ2n) is 9.83. The first-order valence-electron chi connectivity index (χ1n) is 13.1. The van der Waals surface area contributed by atoms with Crippen LogP contribution in [0.4, 0.5) is 0 Å². The first-order chi connectivity index (χ1) is 17.1. The molecule has 3 aliphatic rings. The molecule has 4 rings (SSSR count). The van der Waals surface area contributed by atoms with Crippen LogP contribution in [-0.4, -0.2) is 60.3 Å². The van der Waals surface area contributed by atoms with E-state index in [0.717, 1.165) is 44.1 Å². The van der Waals surface area contributed by atoms with Gasteiger partial charge in [0, 0.05) is 31.1 Å². The molecule has 192 valence electrons. The van der Waals surface area contributed by atoms with Gasteiger partial charge in [-0.3, -0.25) is 4.79 Å². The Labute approximate surface area is 208 Å². The quantitative estimate of drug-likeness (QED) is 0.507. The fourth-order valence-corrected chi connectivity index (χ4v) is 5.41. The van der Waals surface area contributed by atoms with Crippen molar-refractivity contribution in [1.29, 1.82) is 0 Å². The van der Waals surface area contributed by atoms with E-state index < -0.39 is 12.1 Å². The minimum absolute atomic E-state index is 0.0792. The summed E-state index contributed by atoms with van der Waals surface area (Å²) in [4.78, 5) is 11.6. The fourth-order valence-electron chi connectivity index (χ4n) is 5.41. The number of ether oxygens (including phenoxy) is 4. The van der Waals surface area contributed by atoms with Gasteiger partial charge in [-0.2, -0.15) is 0 Å². The minimum Gasteiger partial charge on any atom is -0.481 e. The third kappa shape index (κ3) is 8.03. The predicted molar refractivity (Wildman–Crippen MR) is 129 cm³/mol. The number of carboxylic acids is 1. The molecule has 1 aromatic carbocycles. The van der Waals surface area contributed by atoms with E-state index in [1.807, 2.05) is 30.3 Å². The van der Waals surface area contributed by atoms with Crippen molar-refractivity contribution < 1.29 is 34.0 Å². The number of aliphatic hydroxyl groups excluding tert-OH is 1. The summed E-state index contributed by atoms with van der Waals surface area (Å²) in [7, 11) is 0. The van der Waals surface area contributed by atoms with Gasteiger partial charge in [0.2, 0.25) is 0 Å². The molecule has 0 radical (unpaired) electrons. The molecule has 7 heteroatoms. The van der Waals surface area contributed by atoms with Gasteiger partial charge in [0.25, 0.3) is 0 Å². The van der Waals surface area contributed by atoms with Crippen molar-refractivity contribution in [2.24, 2.45) is 11.8 Å². The average molecular weight is 487 g/mol. The Bertz CT molecular complexity index is 836. The Balaban J connectivity index is 1.45. The van der Waals surface area contributed by atoms with Crippen LogP contribution in [0.3, 0.4) is 0 Å². The largest absolute Gasteiger partial charge is 0.481 e. The average Bonchev–Trinajstić information content (AvgIpc) is 3.15. The monoisotopic (exact) mass is 486 g/mol. The summed E-state index contributed by atoms with van der Waals surface area (Å²) in [5.74, 6) is 5.11. The molecule has 2 heterocycles. The van der Waals surface area contributed by atoms with Gasteiger partial charge in [-0.15, -0.1) is 0 Å². The van der Waals surface area contributed by atoms with Crippen LogP contribution in [0.25, 0.3) is 0 Å². The van der Waals surface area contributed by atoms with Crippen LogP contribution >= 0.6 is 0 Å². The summed E-state index contributed by atoms with van der Waals surface area (Å²) in [5, 5.41) is 20.2. The molecule has 1 aliphatic carbocycles. The number of aliphatic hydroxyl groups is 1. The Morgan fingerprint density at radius 2 is 1.74 bits per heavy atom. The van der Waals surface area contributed by atoms with Gasteiger partial charge in [0.05, 0.1) is 18.6 Å². The minimum atomic E-state index is -0.902. The molecular formula is C28H38O7. The zero-order chi connectivity index (χ0) is 24.5. The lowest BCUT2D eigenvalue weighted by atomic mass is 9.86. The molecule has 7 atom stereocenters. The smallest absolute Gasteiger partial charge is 0.303 e. The van der Waals surface area contributed by atoms with Crippen molar-refractivity contribution in [1.82, 2.24) is 0 Å². The standard InChI is InChI=1S/C28H38O7/c29-24-19-25(35-28-11-5-7-17-33-28)22(23(24)18-26(30)31)15-14-21(34-27-10-4-6-16-32-27)13-12-20-8-2-1-3-9-20/h1-3,8-9,21-25,27-29H,4-7,10-11,14-19H2,(H,30,31). The maximum Gasteiger partial charge on any atom is 0.303 e. The zero-order valence-corrected chi connectivity index (χ0v) is 20.3. The highest BCUT2D eigenvalue weighted by molar-refractivity contribution is 5.67. The van der Waals surface area contributed by atoms with Crippen LogP contribution in [0.1, 0.15) is 69.8 Å². The van der Waals surface area contributed by atoms with Crippen molar-refractivity contribution in [3.05, 3.63) is 35.9 Å². The molecule has 2 saturated heterocycles. The lowest BCUT2D eigenvalue weighted by Crippen LogP contribution is -2.33. The maximum absolute atomic E-state index is 11.6. The molecule has 0 bridgehead atoms. The zero-order valence-electron chi connectivity index (χ0n) is 20.3. The summed E-state index contributed by atoms with van der Waals surface area (Å²) >= 11 is 0. The number of carboxylic acid groups (broad SMARTS) is 1. The van der Waals surface area contributed by atoms with E-state index in [1.54, 1.807) is 0 Å². The first-order valence-corrected chi connectivity index (χ1v) is 13.1. The molecule has 1 saturated carbocycles. The normalized spacial score (nSPS) is 31.9. The van der Waals surface area contributed by atoms with Gasteiger partial charge in [-0.1, -0.05) is 30.0 Å². The Hall–Kier alpha value is -1.95. The third-order valence-corrected chi connectivity index (χ3v) is 7.24. The van der Waals surface area contributed by atoms with Crippen molar-refractivity contribution >= 4 is 5.97 Å². The number of rotatable bonds is 9. The van der Waals surface area contributed by atoms with E-state index in [0.29, 0.717) is 32.5 Å². The molecule has 2 aliphatic heterocycles. The van der Waals surface area contributed by atoms with Crippen molar-refractivity contribution in [3.8, 4) is 11.8 Å². The molecule has 0 spiro atoms. The number of carbonyl (C=O) groups is 1. The number of benzene rings is 1. The van der Waals surface area contributed by atoms with Crippen molar-refractivity contribution in [3.63, 3.8) is 0 Å². The van der Waals surface area contributed by atoms with E-state index in [4.69, 9.17) is 18.9 Å². The van der Waals surface area contributed by atoms with Gasteiger partial charge in [-0.25, -0.2) is 0 Å². The lowest BCUT2D eigenvalue weighted by Gasteiger charge is -2.31. The van der Waals surface area contributed by atoms with Crippen molar-refractivity contribution in [2.75, 3.05) is 13.2 Å². The fraction of sp³-hybridized carbons (Fsp3) is 0.679. The van der Waals surface area contributed by atoms with Crippen LogP contribution in [0, 0.1) is 23.7 Å². The molecule has 35 heavy (non-hydrogen) atoms. The van der Waals surface area contributed by atoms with E-state index in [2.05, 4.69) is 11.8 Å². The molecule has 7 nitrogen and oxygen atoms in total. The summed E-state index contributed by atoms with van der Waals surface area (Å²) < 4.78 is 24.1.